The van der Waals surface area contributed by atoms with Crippen molar-refractivity contribution in [3.05, 3.63) is 18.2 Å². The van der Waals surface area contributed by atoms with E-state index in [4.69, 9.17) is 0 Å². The molecule has 130 valence electrons. The fourth-order valence-electron chi connectivity index (χ4n) is 3.05. The highest BCUT2D eigenvalue weighted by atomic mass is 32.2. The first-order valence-electron chi connectivity index (χ1n) is 7.35. The van der Waals surface area contributed by atoms with Crippen LogP contribution in [-0.4, -0.2) is 52.6 Å². The molecule has 0 bridgehead atoms. The van der Waals surface area contributed by atoms with Crippen LogP contribution in [0.2, 0.25) is 0 Å². The molecule has 1 aromatic carbocycles. The van der Waals surface area contributed by atoms with Gasteiger partial charge in [-0.05, 0) is 44.9 Å². The molecule has 6 nitrogen and oxygen atoms in total. The second-order valence-corrected chi connectivity index (χ2v) is 10.7. The lowest BCUT2D eigenvalue weighted by Crippen LogP contribution is -2.46. The van der Waals surface area contributed by atoms with Crippen molar-refractivity contribution in [2.75, 3.05) is 24.0 Å². The molecule has 0 saturated carbocycles. The van der Waals surface area contributed by atoms with Crippen molar-refractivity contribution in [3.8, 4) is 0 Å². The van der Waals surface area contributed by atoms with Crippen molar-refractivity contribution in [1.82, 2.24) is 0 Å². The van der Waals surface area contributed by atoms with Gasteiger partial charge in [0.05, 0.1) is 27.1 Å². The van der Waals surface area contributed by atoms with E-state index in [1.165, 1.54) is 18.2 Å². The SMILES string of the molecule is CC(C)(O)C1CCCN1c1ccc(S(C)(=O)=O)cc1S(C)(=O)=O. The van der Waals surface area contributed by atoms with Crippen molar-refractivity contribution in [1.29, 1.82) is 0 Å². The van der Waals surface area contributed by atoms with Crippen molar-refractivity contribution in [2.24, 2.45) is 0 Å². The summed E-state index contributed by atoms with van der Waals surface area (Å²) < 4.78 is 47.8. The number of hydrogen-bond acceptors (Lipinski definition) is 6. The summed E-state index contributed by atoms with van der Waals surface area (Å²) in [4.78, 5) is 1.82. The summed E-state index contributed by atoms with van der Waals surface area (Å²) in [5, 5.41) is 10.3. The monoisotopic (exact) mass is 361 g/mol. The molecule has 2 rings (SSSR count). The Hall–Kier alpha value is -1.12. The van der Waals surface area contributed by atoms with Crippen LogP contribution in [0.25, 0.3) is 0 Å². The third kappa shape index (κ3) is 3.87. The summed E-state index contributed by atoms with van der Waals surface area (Å²) in [5.41, 5.74) is -0.537. The maximum Gasteiger partial charge on any atom is 0.177 e. The van der Waals surface area contributed by atoms with Gasteiger partial charge in [-0.15, -0.1) is 0 Å². The summed E-state index contributed by atoms with van der Waals surface area (Å²) >= 11 is 0. The van der Waals surface area contributed by atoms with Gasteiger partial charge in [0.15, 0.2) is 19.7 Å². The van der Waals surface area contributed by atoms with Gasteiger partial charge in [-0.3, -0.25) is 0 Å². The van der Waals surface area contributed by atoms with E-state index in [0.717, 1.165) is 25.4 Å². The van der Waals surface area contributed by atoms with Gasteiger partial charge in [-0.25, -0.2) is 16.8 Å². The van der Waals surface area contributed by atoms with Crippen molar-refractivity contribution in [2.45, 2.75) is 48.1 Å². The smallest absolute Gasteiger partial charge is 0.177 e. The Morgan fingerprint density at radius 2 is 1.74 bits per heavy atom. The summed E-state index contributed by atoms with van der Waals surface area (Å²) in [7, 11) is -7.11. The van der Waals surface area contributed by atoms with Gasteiger partial charge in [0.25, 0.3) is 0 Å². The molecule has 1 aromatic rings. The van der Waals surface area contributed by atoms with Crippen LogP contribution in [0.15, 0.2) is 28.0 Å². The molecule has 1 aliphatic rings. The lowest BCUT2D eigenvalue weighted by Gasteiger charge is -2.36. The normalized spacial score (nSPS) is 20.0. The third-order valence-corrected chi connectivity index (χ3v) is 6.37. The van der Waals surface area contributed by atoms with E-state index in [9.17, 15) is 21.9 Å². The molecule has 8 heteroatoms. The Labute approximate surface area is 138 Å². The molecule has 1 N–H and O–H groups in total. The molecule has 1 saturated heterocycles. The standard InChI is InChI=1S/C15H23NO5S2/c1-15(2,17)14-6-5-9-16(14)12-8-7-11(22(3,18)19)10-13(12)23(4,20)21/h7-8,10,14,17H,5-6,9H2,1-4H3. The van der Waals surface area contributed by atoms with E-state index < -0.39 is 25.3 Å². The van der Waals surface area contributed by atoms with Crippen molar-refractivity contribution < 1.29 is 21.9 Å². The summed E-state index contributed by atoms with van der Waals surface area (Å²) in [5.74, 6) is 0. The Bertz CT molecular complexity index is 807. The lowest BCUT2D eigenvalue weighted by atomic mass is 9.96. The van der Waals surface area contributed by atoms with Crippen molar-refractivity contribution in [3.63, 3.8) is 0 Å². The predicted octanol–water partition coefficient (Wildman–Crippen LogP) is 1.23. The van der Waals surface area contributed by atoms with Gasteiger partial charge < -0.3 is 10.0 Å². The van der Waals surface area contributed by atoms with Gasteiger partial charge in [-0.1, -0.05) is 0 Å². The zero-order chi connectivity index (χ0) is 17.6. The fraction of sp³-hybridized carbons (Fsp3) is 0.600. The van der Waals surface area contributed by atoms with Crippen molar-refractivity contribution >= 4 is 25.4 Å². The average molecular weight is 361 g/mol. The molecular formula is C15H23NO5S2. The maximum absolute atomic E-state index is 12.2. The highest BCUT2D eigenvalue weighted by Crippen LogP contribution is 2.36. The Morgan fingerprint density at radius 1 is 1.13 bits per heavy atom. The minimum Gasteiger partial charge on any atom is -0.388 e. The highest BCUT2D eigenvalue weighted by molar-refractivity contribution is 7.91. The topological polar surface area (TPSA) is 91.8 Å². The third-order valence-electron chi connectivity index (χ3n) is 4.14. The number of nitrogens with zero attached hydrogens (tertiary/aromatic N) is 1. The molecule has 0 radical (unpaired) electrons. The molecule has 0 spiro atoms. The molecule has 1 atom stereocenters. The van der Waals surface area contributed by atoms with Crippen LogP contribution >= 0.6 is 0 Å². The second-order valence-electron chi connectivity index (χ2n) is 6.68. The number of hydrogen-bond donors (Lipinski definition) is 1. The first kappa shape index (κ1) is 18.2. The average Bonchev–Trinajstić information content (AvgIpc) is 2.84. The van der Waals surface area contributed by atoms with Crippen LogP contribution in [0.3, 0.4) is 0 Å². The van der Waals surface area contributed by atoms with Gasteiger partial charge in [0, 0.05) is 19.1 Å². The molecule has 1 unspecified atom stereocenters. The molecule has 1 fully saturated rings. The summed E-state index contributed by atoms with van der Waals surface area (Å²) in [6.45, 7) is 4.01. The van der Waals surface area contributed by atoms with E-state index in [1.54, 1.807) is 13.8 Å². The number of sulfone groups is 2. The van der Waals surface area contributed by atoms with Crippen LogP contribution in [-0.2, 0) is 19.7 Å². The van der Waals surface area contributed by atoms with E-state index in [0.29, 0.717) is 12.2 Å². The number of benzene rings is 1. The number of rotatable bonds is 4. The Kier molecular flexibility index (Phi) is 4.56. The highest BCUT2D eigenvalue weighted by Gasteiger charge is 2.37. The zero-order valence-corrected chi connectivity index (χ0v) is 15.4. The molecular weight excluding hydrogens is 338 g/mol. The fourth-order valence-corrected chi connectivity index (χ4v) is 4.68. The van der Waals surface area contributed by atoms with Crippen LogP contribution in [0.4, 0.5) is 5.69 Å². The van der Waals surface area contributed by atoms with Crippen LogP contribution < -0.4 is 4.90 Å². The molecule has 0 amide bonds. The largest absolute Gasteiger partial charge is 0.388 e. The van der Waals surface area contributed by atoms with E-state index in [2.05, 4.69) is 0 Å². The molecule has 1 aliphatic heterocycles. The Morgan fingerprint density at radius 3 is 2.22 bits per heavy atom. The summed E-state index contributed by atoms with van der Waals surface area (Å²) in [6, 6.07) is 3.93. The predicted molar refractivity (Wildman–Crippen MR) is 89.3 cm³/mol. The second kappa shape index (κ2) is 5.75. The zero-order valence-electron chi connectivity index (χ0n) is 13.8. The van der Waals surface area contributed by atoms with Gasteiger partial charge in [0.1, 0.15) is 0 Å². The van der Waals surface area contributed by atoms with Crippen LogP contribution in [0.5, 0.6) is 0 Å². The number of anilines is 1. The van der Waals surface area contributed by atoms with Gasteiger partial charge in [0.2, 0.25) is 0 Å². The Balaban J connectivity index is 2.63. The van der Waals surface area contributed by atoms with E-state index >= 15 is 0 Å². The minimum absolute atomic E-state index is 0.0171. The first-order chi connectivity index (χ1) is 10.3. The molecule has 0 aliphatic carbocycles. The van der Waals surface area contributed by atoms with Crippen LogP contribution in [0.1, 0.15) is 26.7 Å². The van der Waals surface area contributed by atoms with E-state index in [-0.39, 0.29) is 15.8 Å². The summed E-state index contributed by atoms with van der Waals surface area (Å²) in [6.07, 6.45) is 3.70. The van der Waals surface area contributed by atoms with Crippen LogP contribution in [0, 0.1) is 0 Å². The maximum atomic E-state index is 12.2. The molecule has 1 heterocycles. The van der Waals surface area contributed by atoms with Gasteiger partial charge >= 0.3 is 0 Å². The number of aliphatic hydroxyl groups is 1. The lowest BCUT2D eigenvalue weighted by molar-refractivity contribution is 0.0533. The molecule has 23 heavy (non-hydrogen) atoms. The first-order valence-corrected chi connectivity index (χ1v) is 11.1. The quantitative estimate of drug-likeness (QED) is 0.867. The molecule has 0 aromatic heterocycles. The van der Waals surface area contributed by atoms with Gasteiger partial charge in [-0.2, -0.15) is 0 Å². The minimum atomic E-state index is -3.61. The van der Waals surface area contributed by atoms with E-state index in [1.807, 2.05) is 4.90 Å².